The topological polar surface area (TPSA) is 34.4 Å². The third-order valence-corrected chi connectivity index (χ3v) is 2.00. The molecule has 0 saturated carbocycles. The lowest BCUT2D eigenvalue weighted by atomic mass is 10.1. The Kier molecular flexibility index (Phi) is 3.99. The lowest BCUT2D eigenvalue weighted by Crippen LogP contribution is -2.24. The van der Waals surface area contributed by atoms with Crippen molar-refractivity contribution in [2.45, 2.75) is 19.9 Å². The highest BCUT2D eigenvalue weighted by atomic mass is 16.5. The molecule has 1 aromatic rings. The number of hydrogen-bond acceptors (Lipinski definition) is 3. The molecule has 1 N–H and O–H groups in total. The lowest BCUT2D eigenvalue weighted by molar-refractivity contribution is 0.158. The molecule has 0 spiro atoms. The van der Waals surface area contributed by atoms with E-state index in [1.165, 1.54) is 5.56 Å². The van der Waals surface area contributed by atoms with E-state index in [0.29, 0.717) is 6.61 Å². The zero-order valence-electron chi connectivity index (χ0n) is 8.46. The van der Waals surface area contributed by atoms with Crippen LogP contribution in [0, 0.1) is 6.92 Å². The SMILES string of the molecule is CCNC(COC)c1occc1C. The molecule has 0 aromatic carbocycles. The molecular formula is C10H17NO2. The van der Waals surface area contributed by atoms with Gasteiger partial charge in [-0.25, -0.2) is 0 Å². The number of ether oxygens (including phenoxy) is 1. The minimum absolute atomic E-state index is 0.171. The van der Waals surface area contributed by atoms with Gasteiger partial charge in [0.25, 0.3) is 0 Å². The van der Waals surface area contributed by atoms with Crippen molar-refractivity contribution in [1.29, 1.82) is 0 Å². The summed E-state index contributed by atoms with van der Waals surface area (Å²) >= 11 is 0. The van der Waals surface area contributed by atoms with Crippen LogP contribution in [0.2, 0.25) is 0 Å². The van der Waals surface area contributed by atoms with Crippen molar-refractivity contribution >= 4 is 0 Å². The van der Waals surface area contributed by atoms with Gasteiger partial charge in [0, 0.05) is 7.11 Å². The Bertz CT molecular complexity index is 239. The number of methoxy groups -OCH3 is 1. The van der Waals surface area contributed by atoms with Gasteiger partial charge in [0.05, 0.1) is 18.9 Å². The first-order chi connectivity index (χ1) is 6.29. The second-order valence-corrected chi connectivity index (χ2v) is 3.03. The summed E-state index contributed by atoms with van der Waals surface area (Å²) in [7, 11) is 1.70. The van der Waals surface area contributed by atoms with E-state index in [2.05, 4.69) is 12.2 Å². The highest BCUT2D eigenvalue weighted by molar-refractivity contribution is 5.18. The van der Waals surface area contributed by atoms with Crippen LogP contribution >= 0.6 is 0 Å². The van der Waals surface area contributed by atoms with Crippen molar-refractivity contribution in [3.8, 4) is 0 Å². The fourth-order valence-corrected chi connectivity index (χ4v) is 1.38. The fraction of sp³-hybridized carbons (Fsp3) is 0.600. The predicted molar refractivity (Wildman–Crippen MR) is 51.7 cm³/mol. The number of hydrogen-bond donors (Lipinski definition) is 1. The van der Waals surface area contributed by atoms with Crippen LogP contribution in [-0.4, -0.2) is 20.3 Å². The molecule has 3 heteroatoms. The van der Waals surface area contributed by atoms with Gasteiger partial charge in [-0.1, -0.05) is 6.92 Å². The normalized spacial score (nSPS) is 13.2. The predicted octanol–water partition coefficient (Wildman–Crippen LogP) is 1.89. The molecule has 13 heavy (non-hydrogen) atoms. The first-order valence-electron chi connectivity index (χ1n) is 4.56. The molecule has 74 valence electrons. The van der Waals surface area contributed by atoms with E-state index in [0.717, 1.165) is 12.3 Å². The quantitative estimate of drug-likeness (QED) is 0.757. The Labute approximate surface area is 79.1 Å². The van der Waals surface area contributed by atoms with Gasteiger partial charge in [0.1, 0.15) is 5.76 Å². The third kappa shape index (κ3) is 2.57. The van der Waals surface area contributed by atoms with Crippen molar-refractivity contribution in [3.63, 3.8) is 0 Å². The van der Waals surface area contributed by atoms with E-state index in [9.17, 15) is 0 Å². The number of likely N-dealkylation sites (N-methyl/N-ethyl adjacent to an activating group) is 1. The van der Waals surface area contributed by atoms with Crippen molar-refractivity contribution < 1.29 is 9.15 Å². The van der Waals surface area contributed by atoms with Gasteiger partial charge in [-0.3, -0.25) is 0 Å². The summed E-state index contributed by atoms with van der Waals surface area (Å²) in [5.41, 5.74) is 1.17. The molecule has 0 amide bonds. The van der Waals surface area contributed by atoms with Gasteiger partial charge in [-0.15, -0.1) is 0 Å². The highest BCUT2D eigenvalue weighted by Gasteiger charge is 2.15. The average Bonchev–Trinajstić information content (AvgIpc) is 2.51. The van der Waals surface area contributed by atoms with Crippen LogP contribution < -0.4 is 5.32 Å². The van der Waals surface area contributed by atoms with Gasteiger partial charge in [0.2, 0.25) is 0 Å². The van der Waals surface area contributed by atoms with Gasteiger partial charge in [0.15, 0.2) is 0 Å². The molecule has 0 radical (unpaired) electrons. The van der Waals surface area contributed by atoms with Gasteiger partial charge < -0.3 is 14.5 Å². The third-order valence-electron chi connectivity index (χ3n) is 2.00. The molecular weight excluding hydrogens is 166 g/mol. The first kappa shape index (κ1) is 10.3. The first-order valence-corrected chi connectivity index (χ1v) is 4.56. The second-order valence-electron chi connectivity index (χ2n) is 3.03. The van der Waals surface area contributed by atoms with Crippen molar-refractivity contribution in [3.05, 3.63) is 23.7 Å². The Morgan fingerprint density at radius 3 is 2.85 bits per heavy atom. The van der Waals surface area contributed by atoms with Gasteiger partial charge in [-0.05, 0) is 25.1 Å². The molecule has 1 aromatic heterocycles. The van der Waals surface area contributed by atoms with Crippen LogP contribution in [0.1, 0.15) is 24.3 Å². The zero-order chi connectivity index (χ0) is 9.68. The summed E-state index contributed by atoms with van der Waals surface area (Å²) in [5, 5.41) is 3.31. The van der Waals surface area contributed by atoms with Gasteiger partial charge in [-0.2, -0.15) is 0 Å². The molecule has 3 nitrogen and oxygen atoms in total. The summed E-state index contributed by atoms with van der Waals surface area (Å²) in [6, 6.07) is 2.14. The summed E-state index contributed by atoms with van der Waals surface area (Å²) in [5.74, 6) is 0.976. The van der Waals surface area contributed by atoms with Crippen LogP contribution in [0.3, 0.4) is 0 Å². The van der Waals surface area contributed by atoms with E-state index in [4.69, 9.17) is 9.15 Å². The fourth-order valence-electron chi connectivity index (χ4n) is 1.38. The summed E-state index contributed by atoms with van der Waals surface area (Å²) in [6.45, 7) is 5.66. The second kappa shape index (κ2) is 5.04. The monoisotopic (exact) mass is 183 g/mol. The standard InChI is InChI=1S/C10H17NO2/c1-4-11-9(7-12-3)10-8(2)5-6-13-10/h5-6,9,11H,4,7H2,1-3H3. The molecule has 0 aliphatic heterocycles. The molecule has 1 heterocycles. The zero-order valence-corrected chi connectivity index (χ0v) is 8.46. The molecule has 0 aliphatic rings. The van der Waals surface area contributed by atoms with E-state index in [1.807, 2.05) is 13.0 Å². The maximum Gasteiger partial charge on any atom is 0.125 e. The minimum atomic E-state index is 0.171. The summed E-state index contributed by atoms with van der Waals surface area (Å²) in [4.78, 5) is 0. The largest absolute Gasteiger partial charge is 0.467 e. The average molecular weight is 183 g/mol. The Morgan fingerprint density at radius 1 is 1.62 bits per heavy atom. The Balaban J connectivity index is 2.69. The van der Waals surface area contributed by atoms with E-state index in [1.54, 1.807) is 13.4 Å². The highest BCUT2D eigenvalue weighted by Crippen LogP contribution is 2.18. The van der Waals surface area contributed by atoms with E-state index in [-0.39, 0.29) is 6.04 Å². The molecule has 0 bridgehead atoms. The van der Waals surface area contributed by atoms with Crippen LogP contribution in [0.5, 0.6) is 0 Å². The van der Waals surface area contributed by atoms with Crippen LogP contribution in [0.15, 0.2) is 16.7 Å². The molecule has 1 unspecified atom stereocenters. The molecule has 1 atom stereocenters. The Hall–Kier alpha value is -0.800. The van der Waals surface area contributed by atoms with Crippen molar-refractivity contribution in [2.75, 3.05) is 20.3 Å². The van der Waals surface area contributed by atoms with Crippen LogP contribution in [0.25, 0.3) is 0 Å². The number of rotatable bonds is 5. The van der Waals surface area contributed by atoms with E-state index >= 15 is 0 Å². The van der Waals surface area contributed by atoms with Gasteiger partial charge >= 0.3 is 0 Å². The number of furan rings is 1. The van der Waals surface area contributed by atoms with E-state index < -0.39 is 0 Å². The smallest absolute Gasteiger partial charge is 0.125 e. The van der Waals surface area contributed by atoms with Crippen LogP contribution in [-0.2, 0) is 4.74 Å². The van der Waals surface area contributed by atoms with Crippen molar-refractivity contribution in [1.82, 2.24) is 5.32 Å². The Morgan fingerprint density at radius 2 is 2.38 bits per heavy atom. The lowest BCUT2D eigenvalue weighted by Gasteiger charge is -2.15. The van der Waals surface area contributed by atoms with Crippen LogP contribution in [0.4, 0.5) is 0 Å². The molecule has 0 fully saturated rings. The molecule has 0 saturated heterocycles. The minimum Gasteiger partial charge on any atom is -0.467 e. The summed E-state index contributed by atoms with van der Waals surface area (Å²) in [6.07, 6.45) is 1.71. The maximum atomic E-state index is 5.39. The number of nitrogens with one attached hydrogen (secondary N) is 1. The molecule has 0 aliphatic carbocycles. The summed E-state index contributed by atoms with van der Waals surface area (Å²) < 4.78 is 10.5. The van der Waals surface area contributed by atoms with Crippen molar-refractivity contribution in [2.24, 2.45) is 0 Å². The number of aryl methyl sites for hydroxylation is 1. The molecule has 1 rings (SSSR count). The maximum absolute atomic E-state index is 5.39.